The summed E-state index contributed by atoms with van der Waals surface area (Å²) in [5.74, 6) is 0. The SMILES string of the molecule is Cc1cccc(N)c1N1CCC(N2CCCCC2)C1. The molecule has 1 aromatic rings. The van der Waals surface area contributed by atoms with Gasteiger partial charge in [-0.2, -0.15) is 0 Å². The van der Waals surface area contributed by atoms with Crippen LogP contribution in [0.5, 0.6) is 0 Å². The molecule has 19 heavy (non-hydrogen) atoms. The molecule has 1 unspecified atom stereocenters. The van der Waals surface area contributed by atoms with Gasteiger partial charge in [-0.3, -0.25) is 4.90 Å². The summed E-state index contributed by atoms with van der Waals surface area (Å²) in [4.78, 5) is 5.18. The van der Waals surface area contributed by atoms with Crippen LogP contribution in [0.4, 0.5) is 11.4 Å². The van der Waals surface area contributed by atoms with Crippen LogP contribution >= 0.6 is 0 Å². The highest BCUT2D eigenvalue weighted by molar-refractivity contribution is 5.71. The first-order chi connectivity index (χ1) is 9.25. The Balaban J connectivity index is 1.71. The summed E-state index contributed by atoms with van der Waals surface area (Å²) in [6.07, 6.45) is 5.46. The standard InChI is InChI=1S/C16H25N3/c1-13-6-5-7-15(17)16(13)19-11-8-14(12-19)18-9-3-2-4-10-18/h5-7,14H,2-4,8-12,17H2,1H3. The minimum Gasteiger partial charge on any atom is -0.397 e. The Hall–Kier alpha value is -1.22. The first kappa shape index (κ1) is 12.8. The maximum absolute atomic E-state index is 6.17. The highest BCUT2D eigenvalue weighted by Crippen LogP contribution is 2.31. The summed E-state index contributed by atoms with van der Waals surface area (Å²) in [6.45, 7) is 7.05. The Morgan fingerprint density at radius 1 is 1.11 bits per heavy atom. The lowest BCUT2D eigenvalue weighted by atomic mass is 10.1. The van der Waals surface area contributed by atoms with E-state index in [4.69, 9.17) is 5.73 Å². The third-order valence-electron chi connectivity index (χ3n) is 4.66. The molecule has 0 amide bonds. The number of benzene rings is 1. The van der Waals surface area contributed by atoms with Crippen LogP contribution in [0.1, 0.15) is 31.2 Å². The van der Waals surface area contributed by atoms with E-state index in [1.165, 1.54) is 50.0 Å². The normalized spacial score (nSPS) is 24.9. The first-order valence-electron chi connectivity index (χ1n) is 7.60. The van der Waals surface area contributed by atoms with Crippen LogP contribution in [0.3, 0.4) is 0 Å². The van der Waals surface area contributed by atoms with E-state index >= 15 is 0 Å². The van der Waals surface area contributed by atoms with Crippen LogP contribution in [-0.4, -0.2) is 37.1 Å². The van der Waals surface area contributed by atoms with Gasteiger partial charge in [0.1, 0.15) is 0 Å². The van der Waals surface area contributed by atoms with Crippen molar-refractivity contribution in [2.75, 3.05) is 36.8 Å². The molecule has 104 valence electrons. The zero-order valence-corrected chi connectivity index (χ0v) is 11.9. The zero-order chi connectivity index (χ0) is 13.2. The highest BCUT2D eigenvalue weighted by atomic mass is 15.3. The fourth-order valence-electron chi connectivity index (χ4n) is 3.64. The molecule has 1 atom stereocenters. The highest BCUT2D eigenvalue weighted by Gasteiger charge is 2.29. The lowest BCUT2D eigenvalue weighted by Gasteiger charge is -2.32. The number of likely N-dealkylation sites (tertiary alicyclic amines) is 1. The molecule has 0 bridgehead atoms. The van der Waals surface area contributed by atoms with E-state index in [2.05, 4.69) is 22.8 Å². The van der Waals surface area contributed by atoms with Crippen LogP contribution < -0.4 is 10.6 Å². The van der Waals surface area contributed by atoms with Gasteiger partial charge in [-0.05, 0) is 50.9 Å². The summed E-state index contributed by atoms with van der Waals surface area (Å²) < 4.78 is 0. The second-order valence-corrected chi connectivity index (χ2v) is 6.00. The summed E-state index contributed by atoms with van der Waals surface area (Å²) in [6, 6.07) is 6.97. The molecule has 2 aliphatic rings. The Labute approximate surface area is 116 Å². The molecule has 0 spiro atoms. The number of para-hydroxylation sites is 1. The molecule has 2 fully saturated rings. The first-order valence-corrected chi connectivity index (χ1v) is 7.60. The van der Waals surface area contributed by atoms with Crippen molar-refractivity contribution in [3.63, 3.8) is 0 Å². The molecular formula is C16H25N3. The number of aryl methyl sites for hydroxylation is 1. The average molecular weight is 259 g/mol. The smallest absolute Gasteiger partial charge is 0.0630 e. The van der Waals surface area contributed by atoms with Crippen LogP contribution in [0.15, 0.2) is 18.2 Å². The molecule has 0 saturated carbocycles. The number of nitrogens with two attached hydrogens (primary N) is 1. The summed E-state index contributed by atoms with van der Waals surface area (Å²) in [5, 5.41) is 0. The molecule has 0 radical (unpaired) electrons. The largest absolute Gasteiger partial charge is 0.397 e. The average Bonchev–Trinajstić information content (AvgIpc) is 2.89. The minimum absolute atomic E-state index is 0.735. The van der Waals surface area contributed by atoms with Gasteiger partial charge in [-0.25, -0.2) is 0 Å². The predicted molar refractivity (Wildman–Crippen MR) is 81.6 cm³/mol. The van der Waals surface area contributed by atoms with Crippen molar-refractivity contribution >= 4 is 11.4 Å². The molecule has 2 saturated heterocycles. The number of rotatable bonds is 2. The van der Waals surface area contributed by atoms with Gasteiger partial charge >= 0.3 is 0 Å². The Kier molecular flexibility index (Phi) is 3.65. The Morgan fingerprint density at radius 2 is 1.89 bits per heavy atom. The molecular weight excluding hydrogens is 234 g/mol. The van der Waals surface area contributed by atoms with Crippen LogP contribution in [-0.2, 0) is 0 Å². The molecule has 2 heterocycles. The van der Waals surface area contributed by atoms with Crippen molar-refractivity contribution in [2.24, 2.45) is 0 Å². The quantitative estimate of drug-likeness (QED) is 0.829. The molecule has 3 rings (SSSR count). The Morgan fingerprint density at radius 3 is 2.63 bits per heavy atom. The van der Waals surface area contributed by atoms with Gasteiger partial charge in [0.2, 0.25) is 0 Å². The van der Waals surface area contributed by atoms with E-state index in [0.29, 0.717) is 0 Å². The monoisotopic (exact) mass is 259 g/mol. The topological polar surface area (TPSA) is 32.5 Å². The second kappa shape index (κ2) is 5.41. The maximum Gasteiger partial charge on any atom is 0.0630 e. The fraction of sp³-hybridized carbons (Fsp3) is 0.625. The van der Waals surface area contributed by atoms with Gasteiger partial charge in [0, 0.05) is 19.1 Å². The fourth-order valence-corrected chi connectivity index (χ4v) is 3.64. The lowest BCUT2D eigenvalue weighted by molar-refractivity contribution is 0.175. The molecule has 2 aliphatic heterocycles. The van der Waals surface area contributed by atoms with Crippen molar-refractivity contribution in [1.82, 2.24) is 4.90 Å². The third kappa shape index (κ3) is 2.57. The van der Waals surface area contributed by atoms with E-state index in [1.54, 1.807) is 0 Å². The van der Waals surface area contributed by atoms with Crippen LogP contribution in [0.25, 0.3) is 0 Å². The molecule has 2 N–H and O–H groups in total. The number of hydrogen-bond donors (Lipinski definition) is 1. The number of hydrogen-bond acceptors (Lipinski definition) is 3. The van der Waals surface area contributed by atoms with Crippen molar-refractivity contribution in [3.8, 4) is 0 Å². The van der Waals surface area contributed by atoms with Crippen molar-refractivity contribution in [1.29, 1.82) is 0 Å². The molecule has 3 nitrogen and oxygen atoms in total. The maximum atomic E-state index is 6.17. The molecule has 1 aromatic carbocycles. The van der Waals surface area contributed by atoms with Gasteiger partial charge in [0.05, 0.1) is 11.4 Å². The van der Waals surface area contributed by atoms with Crippen molar-refractivity contribution in [2.45, 2.75) is 38.6 Å². The summed E-state index contributed by atoms with van der Waals surface area (Å²) in [5.41, 5.74) is 9.67. The van der Waals surface area contributed by atoms with Gasteiger partial charge in [-0.15, -0.1) is 0 Å². The Bertz CT molecular complexity index is 417. The lowest BCUT2D eigenvalue weighted by Crippen LogP contribution is -2.41. The van der Waals surface area contributed by atoms with Crippen LogP contribution in [0, 0.1) is 6.92 Å². The van der Waals surface area contributed by atoms with Gasteiger partial charge in [0.15, 0.2) is 0 Å². The third-order valence-corrected chi connectivity index (χ3v) is 4.66. The molecule has 0 aromatic heterocycles. The molecule has 0 aliphatic carbocycles. The van der Waals surface area contributed by atoms with E-state index < -0.39 is 0 Å². The van der Waals surface area contributed by atoms with Crippen molar-refractivity contribution in [3.05, 3.63) is 23.8 Å². The van der Waals surface area contributed by atoms with Crippen LogP contribution in [0.2, 0.25) is 0 Å². The van der Waals surface area contributed by atoms with Gasteiger partial charge in [-0.1, -0.05) is 18.6 Å². The predicted octanol–water partition coefficient (Wildman–Crippen LogP) is 2.64. The number of nitrogens with zero attached hydrogens (tertiary/aromatic N) is 2. The number of nitrogen functional groups attached to an aromatic ring is 1. The number of piperidine rings is 1. The second-order valence-electron chi connectivity index (χ2n) is 6.00. The van der Waals surface area contributed by atoms with E-state index in [9.17, 15) is 0 Å². The summed E-state index contributed by atoms with van der Waals surface area (Å²) >= 11 is 0. The zero-order valence-electron chi connectivity index (χ0n) is 11.9. The summed E-state index contributed by atoms with van der Waals surface area (Å²) in [7, 11) is 0. The van der Waals surface area contributed by atoms with E-state index in [0.717, 1.165) is 24.8 Å². The van der Waals surface area contributed by atoms with Gasteiger partial charge < -0.3 is 10.6 Å². The molecule has 3 heteroatoms. The minimum atomic E-state index is 0.735. The number of anilines is 2. The van der Waals surface area contributed by atoms with Gasteiger partial charge in [0.25, 0.3) is 0 Å². The van der Waals surface area contributed by atoms with E-state index in [1.807, 2.05) is 12.1 Å². The van der Waals surface area contributed by atoms with Crippen molar-refractivity contribution < 1.29 is 0 Å². The van der Waals surface area contributed by atoms with E-state index in [-0.39, 0.29) is 0 Å².